The molecule has 2 N–H and O–H groups in total. The van der Waals surface area contributed by atoms with Crippen LogP contribution in [0.15, 0.2) is 53.7 Å². The van der Waals surface area contributed by atoms with Crippen LogP contribution in [0.5, 0.6) is 5.75 Å². The molecule has 0 radical (unpaired) electrons. The zero-order valence-electron chi connectivity index (χ0n) is 16.4. The van der Waals surface area contributed by atoms with Crippen molar-refractivity contribution >= 4 is 23.4 Å². The molecular formula is C21H24N4O2S. The van der Waals surface area contributed by atoms with E-state index in [-0.39, 0.29) is 11.2 Å². The predicted molar refractivity (Wildman–Crippen MR) is 113 cm³/mol. The zero-order chi connectivity index (χ0) is 20.1. The van der Waals surface area contributed by atoms with Gasteiger partial charge >= 0.3 is 0 Å². The van der Waals surface area contributed by atoms with Gasteiger partial charge in [0.2, 0.25) is 11.1 Å². The number of hydrogen-bond donors (Lipinski definition) is 2. The molecule has 0 bridgehead atoms. The predicted octanol–water partition coefficient (Wildman–Crippen LogP) is 4.72. The lowest BCUT2D eigenvalue weighted by atomic mass is 10.0. The number of nitrogens with one attached hydrogen (secondary N) is 2. The Balaban J connectivity index is 1.60. The average molecular weight is 397 g/mol. The second-order valence-electron chi connectivity index (χ2n) is 6.72. The van der Waals surface area contributed by atoms with Gasteiger partial charge in [-0.05, 0) is 54.8 Å². The summed E-state index contributed by atoms with van der Waals surface area (Å²) in [5.74, 6) is 1.81. The molecule has 0 fully saturated rings. The van der Waals surface area contributed by atoms with Crippen LogP contribution >= 0.6 is 11.8 Å². The molecule has 0 saturated carbocycles. The molecule has 1 atom stereocenters. The number of aromatic nitrogens is 3. The van der Waals surface area contributed by atoms with Crippen molar-refractivity contribution in [2.75, 3.05) is 12.4 Å². The van der Waals surface area contributed by atoms with Crippen molar-refractivity contribution in [1.29, 1.82) is 0 Å². The SMILES string of the molecule is COc1ccc(-c2nc(S[C@@H](C)C(=O)Nc3ccc(C(C)C)cc3)n[nH]2)cc1. The zero-order valence-corrected chi connectivity index (χ0v) is 17.2. The topological polar surface area (TPSA) is 79.9 Å². The Bertz CT molecular complexity index is 920. The minimum absolute atomic E-state index is 0.0851. The first-order chi connectivity index (χ1) is 13.5. The van der Waals surface area contributed by atoms with Crippen molar-refractivity contribution in [1.82, 2.24) is 15.2 Å². The second-order valence-corrected chi connectivity index (χ2v) is 8.03. The third-order valence-corrected chi connectivity index (χ3v) is 5.29. The number of ether oxygens (including phenoxy) is 1. The summed E-state index contributed by atoms with van der Waals surface area (Å²) in [5, 5.41) is 10.3. The molecule has 3 rings (SSSR count). The number of benzene rings is 2. The van der Waals surface area contributed by atoms with Crippen molar-refractivity contribution < 1.29 is 9.53 Å². The fraction of sp³-hybridized carbons (Fsp3) is 0.286. The van der Waals surface area contributed by atoms with Crippen molar-refractivity contribution in [2.24, 2.45) is 0 Å². The molecule has 6 nitrogen and oxygen atoms in total. The summed E-state index contributed by atoms with van der Waals surface area (Å²) in [6.07, 6.45) is 0. The molecule has 2 aromatic carbocycles. The normalized spacial score (nSPS) is 12.0. The molecule has 0 spiro atoms. The average Bonchev–Trinajstić information content (AvgIpc) is 3.17. The molecule has 7 heteroatoms. The Morgan fingerprint density at radius 1 is 1.07 bits per heavy atom. The van der Waals surface area contributed by atoms with Gasteiger partial charge in [0.05, 0.1) is 12.4 Å². The van der Waals surface area contributed by atoms with Gasteiger partial charge < -0.3 is 10.1 Å². The standard InChI is InChI=1S/C21H24N4O2S/c1-13(2)15-5-9-17(10-6-15)22-20(26)14(3)28-21-23-19(24-25-21)16-7-11-18(27-4)12-8-16/h5-14H,1-4H3,(H,22,26)(H,23,24,25)/t14-/m0/s1. The summed E-state index contributed by atoms with van der Waals surface area (Å²) in [6.45, 7) is 6.12. The molecule has 0 aliphatic carbocycles. The molecule has 0 saturated heterocycles. The van der Waals surface area contributed by atoms with Crippen LogP contribution in [0.3, 0.4) is 0 Å². The Hall–Kier alpha value is -2.80. The van der Waals surface area contributed by atoms with E-state index >= 15 is 0 Å². The molecule has 28 heavy (non-hydrogen) atoms. The van der Waals surface area contributed by atoms with Crippen molar-refractivity contribution in [3.8, 4) is 17.1 Å². The molecule has 0 unspecified atom stereocenters. The minimum atomic E-state index is -0.329. The lowest BCUT2D eigenvalue weighted by molar-refractivity contribution is -0.115. The van der Waals surface area contributed by atoms with Crippen molar-refractivity contribution in [2.45, 2.75) is 37.1 Å². The highest BCUT2D eigenvalue weighted by molar-refractivity contribution is 8.00. The van der Waals surface area contributed by atoms with Gasteiger partial charge in [0.1, 0.15) is 5.75 Å². The van der Waals surface area contributed by atoms with Gasteiger partial charge in [-0.2, -0.15) is 0 Å². The van der Waals surface area contributed by atoms with Crippen molar-refractivity contribution in [3.63, 3.8) is 0 Å². The maximum absolute atomic E-state index is 12.5. The Labute approximate surface area is 169 Å². The van der Waals surface area contributed by atoms with Crippen LogP contribution in [0.4, 0.5) is 5.69 Å². The number of rotatable bonds is 7. The van der Waals surface area contributed by atoms with Crippen LogP contribution in [0, 0.1) is 0 Å². The maximum atomic E-state index is 12.5. The number of carbonyl (C=O) groups excluding carboxylic acids is 1. The van der Waals surface area contributed by atoms with Gasteiger partial charge in [0.25, 0.3) is 0 Å². The number of nitrogens with zero attached hydrogens (tertiary/aromatic N) is 2. The van der Waals surface area contributed by atoms with E-state index in [2.05, 4.69) is 34.3 Å². The van der Waals surface area contributed by atoms with Crippen LogP contribution in [0.2, 0.25) is 0 Å². The van der Waals surface area contributed by atoms with Gasteiger partial charge in [-0.1, -0.05) is 37.7 Å². The molecule has 146 valence electrons. The quantitative estimate of drug-likeness (QED) is 0.565. The van der Waals surface area contributed by atoms with Crippen LogP contribution in [-0.4, -0.2) is 33.4 Å². The highest BCUT2D eigenvalue weighted by atomic mass is 32.2. The maximum Gasteiger partial charge on any atom is 0.237 e. The van der Waals surface area contributed by atoms with Crippen LogP contribution < -0.4 is 10.1 Å². The summed E-state index contributed by atoms with van der Waals surface area (Å²) < 4.78 is 5.16. The number of amides is 1. The van der Waals surface area contributed by atoms with Crippen LogP contribution in [-0.2, 0) is 4.79 Å². The summed E-state index contributed by atoms with van der Waals surface area (Å²) in [6, 6.07) is 15.5. The molecule has 0 aliphatic rings. The third kappa shape index (κ3) is 4.92. The van der Waals surface area contributed by atoms with Gasteiger partial charge in [-0.25, -0.2) is 4.98 Å². The molecule has 1 aromatic heterocycles. The van der Waals surface area contributed by atoms with E-state index in [1.54, 1.807) is 7.11 Å². The number of hydrogen-bond acceptors (Lipinski definition) is 5. The summed E-state index contributed by atoms with van der Waals surface area (Å²) >= 11 is 1.31. The fourth-order valence-electron chi connectivity index (χ4n) is 2.58. The summed E-state index contributed by atoms with van der Waals surface area (Å²) in [7, 11) is 1.63. The number of methoxy groups -OCH3 is 1. The van der Waals surface area contributed by atoms with E-state index in [0.717, 1.165) is 17.0 Å². The van der Waals surface area contributed by atoms with Gasteiger partial charge in [-0.15, -0.1) is 5.10 Å². The van der Waals surface area contributed by atoms with Gasteiger partial charge in [-0.3, -0.25) is 9.89 Å². The smallest absolute Gasteiger partial charge is 0.237 e. The first-order valence-electron chi connectivity index (χ1n) is 9.10. The van der Waals surface area contributed by atoms with Crippen LogP contribution in [0.1, 0.15) is 32.3 Å². The number of thioether (sulfide) groups is 1. The number of H-pyrrole nitrogens is 1. The molecular weight excluding hydrogens is 372 g/mol. The van der Waals surface area contributed by atoms with E-state index in [4.69, 9.17) is 4.74 Å². The highest BCUT2D eigenvalue weighted by Gasteiger charge is 2.18. The molecule has 3 aromatic rings. The lowest BCUT2D eigenvalue weighted by Gasteiger charge is -2.11. The largest absolute Gasteiger partial charge is 0.497 e. The number of anilines is 1. The first-order valence-corrected chi connectivity index (χ1v) is 9.98. The lowest BCUT2D eigenvalue weighted by Crippen LogP contribution is -2.22. The van der Waals surface area contributed by atoms with E-state index < -0.39 is 0 Å². The first kappa shape index (κ1) is 19.9. The van der Waals surface area contributed by atoms with Crippen LogP contribution in [0.25, 0.3) is 11.4 Å². The summed E-state index contributed by atoms with van der Waals surface area (Å²) in [4.78, 5) is 16.9. The molecule has 1 amide bonds. The highest BCUT2D eigenvalue weighted by Crippen LogP contribution is 2.25. The minimum Gasteiger partial charge on any atom is -0.497 e. The Morgan fingerprint density at radius 2 is 1.75 bits per heavy atom. The van der Waals surface area contributed by atoms with Gasteiger partial charge in [0, 0.05) is 11.3 Å². The van der Waals surface area contributed by atoms with Crippen molar-refractivity contribution in [3.05, 3.63) is 54.1 Å². The van der Waals surface area contributed by atoms with E-state index in [0.29, 0.717) is 16.9 Å². The molecule has 0 aliphatic heterocycles. The third-order valence-electron chi connectivity index (χ3n) is 4.32. The summed E-state index contributed by atoms with van der Waals surface area (Å²) in [5.41, 5.74) is 2.94. The number of carbonyl (C=O) groups is 1. The fourth-order valence-corrected chi connectivity index (χ4v) is 3.31. The van der Waals surface area contributed by atoms with Gasteiger partial charge in [0.15, 0.2) is 5.82 Å². The molecule has 1 heterocycles. The monoisotopic (exact) mass is 396 g/mol. The van der Waals surface area contributed by atoms with E-state index in [1.807, 2.05) is 55.5 Å². The Kier molecular flexibility index (Phi) is 6.36. The van der Waals surface area contributed by atoms with E-state index in [9.17, 15) is 4.79 Å². The Morgan fingerprint density at radius 3 is 2.36 bits per heavy atom. The number of aromatic amines is 1. The van der Waals surface area contributed by atoms with E-state index in [1.165, 1.54) is 17.3 Å². The second kappa shape index (κ2) is 8.93.